The number of rotatable bonds is 3. The van der Waals surface area contributed by atoms with E-state index in [1.807, 2.05) is 0 Å². The van der Waals surface area contributed by atoms with Crippen LogP contribution >= 0.6 is 11.6 Å². The van der Waals surface area contributed by atoms with Crippen molar-refractivity contribution in [2.75, 3.05) is 6.54 Å². The van der Waals surface area contributed by atoms with Crippen LogP contribution in [0.3, 0.4) is 0 Å². The van der Waals surface area contributed by atoms with Crippen LogP contribution < -0.4 is 16.6 Å². The molecule has 0 heterocycles. The molecule has 0 spiro atoms. The fraction of sp³-hybridized carbons (Fsp3) is 0.889. The summed E-state index contributed by atoms with van der Waals surface area (Å²) in [5.41, 5.74) is 10.2. The van der Waals surface area contributed by atoms with Crippen molar-refractivity contribution in [2.45, 2.75) is 24.6 Å². The lowest BCUT2D eigenvalue weighted by Gasteiger charge is -2.21. The molecule has 2 fully saturated rings. The van der Waals surface area contributed by atoms with Gasteiger partial charge in [0.25, 0.3) is 0 Å². The molecule has 0 aromatic rings. The fourth-order valence-electron chi connectivity index (χ4n) is 2.89. The van der Waals surface area contributed by atoms with Gasteiger partial charge in [-0.1, -0.05) is 0 Å². The van der Waals surface area contributed by atoms with E-state index in [2.05, 4.69) is 10.9 Å². The van der Waals surface area contributed by atoms with Crippen molar-refractivity contribution in [3.8, 4) is 0 Å². The van der Waals surface area contributed by atoms with Gasteiger partial charge >= 0.3 is 6.03 Å². The van der Waals surface area contributed by atoms with Gasteiger partial charge in [-0.3, -0.25) is 5.43 Å². The molecule has 4 nitrogen and oxygen atoms in total. The minimum atomic E-state index is -0.532. The number of hydrogen-bond donors (Lipinski definition) is 3. The van der Waals surface area contributed by atoms with Gasteiger partial charge < -0.3 is 5.73 Å². The normalized spacial score (nSPS) is 40.1. The number of nitrogens with one attached hydrogen (secondary N) is 2. The number of carbonyl (C=O) groups excluding carboxylic acids is 1. The minimum Gasteiger partial charge on any atom is -0.351 e. The first kappa shape index (κ1) is 10.1. The standard InChI is InChI=1S/C9H16ClN3O/c10-8-5-1-2-7(8)6(3-5)4-12-13-9(11)14/h5-8,12H,1-4H2,(H3,11,13,14)/t5-,6-,7-,8+/m1/s1. The van der Waals surface area contributed by atoms with Gasteiger partial charge in [-0.05, 0) is 37.0 Å². The topological polar surface area (TPSA) is 67.2 Å². The van der Waals surface area contributed by atoms with E-state index < -0.39 is 6.03 Å². The third-order valence-corrected chi connectivity index (χ3v) is 4.20. The van der Waals surface area contributed by atoms with Crippen LogP contribution in [-0.2, 0) is 0 Å². The fourth-order valence-corrected chi connectivity index (χ4v) is 3.45. The lowest BCUT2D eigenvalue weighted by atomic mass is 9.89. The molecular weight excluding hydrogens is 202 g/mol. The second kappa shape index (κ2) is 3.95. The molecule has 0 aliphatic heterocycles. The zero-order chi connectivity index (χ0) is 10.1. The van der Waals surface area contributed by atoms with Crippen molar-refractivity contribution in [1.82, 2.24) is 10.9 Å². The Morgan fingerprint density at radius 1 is 1.50 bits per heavy atom. The number of amides is 2. The molecule has 0 aromatic heterocycles. The number of urea groups is 1. The summed E-state index contributed by atoms with van der Waals surface area (Å²) < 4.78 is 0. The highest BCUT2D eigenvalue weighted by molar-refractivity contribution is 6.21. The number of alkyl halides is 1. The highest BCUT2D eigenvalue weighted by atomic mass is 35.5. The summed E-state index contributed by atoms with van der Waals surface area (Å²) in [6.07, 6.45) is 3.70. The zero-order valence-corrected chi connectivity index (χ0v) is 8.76. The second-order valence-corrected chi connectivity index (χ2v) is 4.82. The highest BCUT2D eigenvalue weighted by Crippen LogP contribution is 2.50. The predicted octanol–water partition coefficient (Wildman–Crippen LogP) is 0.813. The van der Waals surface area contributed by atoms with E-state index in [9.17, 15) is 4.79 Å². The number of fused-ring (bicyclic) bond motifs is 2. The molecule has 4 atom stereocenters. The van der Waals surface area contributed by atoms with Crippen LogP contribution in [0.1, 0.15) is 19.3 Å². The maximum absolute atomic E-state index is 10.4. The summed E-state index contributed by atoms with van der Waals surface area (Å²) in [5, 5.41) is 0.357. The van der Waals surface area contributed by atoms with E-state index in [4.69, 9.17) is 17.3 Å². The lowest BCUT2D eigenvalue weighted by Crippen LogP contribution is -2.44. The molecule has 2 amide bonds. The number of nitrogens with two attached hydrogens (primary N) is 1. The molecule has 4 N–H and O–H groups in total. The molecule has 2 rings (SSSR count). The molecule has 80 valence electrons. The number of carbonyl (C=O) groups is 1. The lowest BCUT2D eigenvalue weighted by molar-refractivity contribution is 0.240. The monoisotopic (exact) mass is 217 g/mol. The first-order valence-electron chi connectivity index (χ1n) is 5.11. The Balaban J connectivity index is 1.75. The van der Waals surface area contributed by atoms with Crippen LogP contribution in [0.25, 0.3) is 0 Å². The molecule has 2 bridgehead atoms. The Hall–Kier alpha value is -0.480. The summed E-state index contributed by atoms with van der Waals surface area (Å²) in [4.78, 5) is 10.4. The van der Waals surface area contributed by atoms with E-state index in [1.54, 1.807) is 0 Å². The van der Waals surface area contributed by atoms with Gasteiger partial charge in [0.1, 0.15) is 0 Å². The van der Waals surface area contributed by atoms with Crippen molar-refractivity contribution in [3.05, 3.63) is 0 Å². The number of hydrogen-bond acceptors (Lipinski definition) is 2. The third kappa shape index (κ3) is 1.81. The Morgan fingerprint density at radius 3 is 2.79 bits per heavy atom. The Labute approximate surface area is 88.5 Å². The third-order valence-electron chi connectivity index (χ3n) is 3.52. The molecule has 2 aliphatic carbocycles. The van der Waals surface area contributed by atoms with Crippen molar-refractivity contribution < 1.29 is 4.79 Å². The maximum atomic E-state index is 10.4. The summed E-state index contributed by atoms with van der Waals surface area (Å²) in [6.45, 7) is 0.785. The van der Waals surface area contributed by atoms with Crippen LogP contribution in [0.15, 0.2) is 0 Å². The van der Waals surface area contributed by atoms with Crippen LogP contribution in [0.2, 0.25) is 0 Å². The molecule has 0 radical (unpaired) electrons. The first-order chi connectivity index (χ1) is 6.68. The molecule has 0 unspecified atom stereocenters. The van der Waals surface area contributed by atoms with Crippen molar-refractivity contribution in [2.24, 2.45) is 23.5 Å². The number of hydrazine groups is 1. The van der Waals surface area contributed by atoms with E-state index in [1.165, 1.54) is 19.3 Å². The van der Waals surface area contributed by atoms with Gasteiger partial charge in [-0.25, -0.2) is 10.2 Å². The van der Waals surface area contributed by atoms with Gasteiger partial charge in [-0.2, -0.15) is 0 Å². The van der Waals surface area contributed by atoms with Crippen molar-refractivity contribution >= 4 is 17.6 Å². The summed E-state index contributed by atoms with van der Waals surface area (Å²) in [6, 6.07) is -0.532. The molecule has 2 saturated carbocycles. The summed E-state index contributed by atoms with van der Waals surface area (Å²) in [7, 11) is 0. The largest absolute Gasteiger partial charge is 0.351 e. The molecular formula is C9H16ClN3O. The summed E-state index contributed by atoms with van der Waals surface area (Å²) in [5.74, 6) is 1.92. The quantitative estimate of drug-likeness (QED) is 0.484. The van der Waals surface area contributed by atoms with Crippen LogP contribution in [0, 0.1) is 17.8 Å². The average molecular weight is 218 g/mol. The average Bonchev–Trinajstić information content (AvgIpc) is 2.61. The number of primary amides is 1. The van der Waals surface area contributed by atoms with E-state index >= 15 is 0 Å². The van der Waals surface area contributed by atoms with Gasteiger partial charge in [0.15, 0.2) is 0 Å². The summed E-state index contributed by atoms with van der Waals surface area (Å²) >= 11 is 6.27. The first-order valence-corrected chi connectivity index (χ1v) is 5.54. The van der Waals surface area contributed by atoms with E-state index in [0.717, 1.165) is 6.54 Å². The van der Waals surface area contributed by atoms with Crippen LogP contribution in [0.4, 0.5) is 4.79 Å². The van der Waals surface area contributed by atoms with Crippen molar-refractivity contribution in [3.63, 3.8) is 0 Å². The van der Waals surface area contributed by atoms with Gasteiger partial charge in [0.2, 0.25) is 0 Å². The van der Waals surface area contributed by atoms with Crippen molar-refractivity contribution in [1.29, 1.82) is 0 Å². The Bertz CT molecular complexity index is 236. The van der Waals surface area contributed by atoms with Gasteiger partial charge in [0, 0.05) is 11.9 Å². The molecule has 2 aliphatic rings. The van der Waals surface area contributed by atoms with Gasteiger partial charge in [-0.15, -0.1) is 11.6 Å². The van der Waals surface area contributed by atoms with E-state index in [-0.39, 0.29) is 0 Å². The Kier molecular flexibility index (Phi) is 2.83. The minimum absolute atomic E-state index is 0.357. The highest BCUT2D eigenvalue weighted by Gasteiger charge is 2.46. The molecule has 14 heavy (non-hydrogen) atoms. The van der Waals surface area contributed by atoms with E-state index in [0.29, 0.717) is 23.1 Å². The second-order valence-electron chi connectivity index (χ2n) is 4.31. The van der Waals surface area contributed by atoms with Crippen LogP contribution in [-0.4, -0.2) is 18.0 Å². The van der Waals surface area contributed by atoms with Crippen LogP contribution in [0.5, 0.6) is 0 Å². The zero-order valence-electron chi connectivity index (χ0n) is 8.00. The SMILES string of the molecule is NC(=O)NNC[C@H]1C[C@H]2CC[C@H]1[C@H]2Cl. The number of halogens is 1. The molecule has 0 aromatic carbocycles. The smallest absolute Gasteiger partial charge is 0.326 e. The molecule has 0 saturated heterocycles. The maximum Gasteiger partial charge on any atom is 0.326 e. The Morgan fingerprint density at radius 2 is 2.29 bits per heavy atom. The predicted molar refractivity (Wildman–Crippen MR) is 54.7 cm³/mol. The molecule has 5 heteroatoms. The van der Waals surface area contributed by atoms with Gasteiger partial charge in [0.05, 0.1) is 0 Å².